The zero-order valence-corrected chi connectivity index (χ0v) is 8.97. The summed E-state index contributed by atoms with van der Waals surface area (Å²) in [5.74, 6) is 0.324. The molecule has 0 aliphatic heterocycles. The van der Waals surface area contributed by atoms with E-state index < -0.39 is 13.0 Å². The molecule has 0 radical (unpaired) electrons. The summed E-state index contributed by atoms with van der Waals surface area (Å²) in [6, 6.07) is 4.55. The highest BCUT2D eigenvalue weighted by atomic mass is 35.5. The molecule has 0 amide bonds. The lowest BCUT2D eigenvalue weighted by atomic mass is 10.1. The molecule has 0 aromatic heterocycles. The van der Waals surface area contributed by atoms with Crippen LogP contribution in [-0.2, 0) is 0 Å². The van der Waals surface area contributed by atoms with Crippen LogP contribution in [0.15, 0.2) is 18.2 Å². The Morgan fingerprint density at radius 2 is 2.13 bits per heavy atom. The minimum Gasteiger partial charge on any atom is -0.488 e. The summed E-state index contributed by atoms with van der Waals surface area (Å²) in [6.07, 6.45) is -2.49. The first-order chi connectivity index (χ1) is 7.00. The standard InChI is InChI=1S/C10H12ClF2NO/c1-6(14)8-3-2-7(4-9(8)11)15-5-10(12)13/h2-4,6,10H,5,14H2,1H3. The average molecular weight is 236 g/mol. The van der Waals surface area contributed by atoms with Crippen molar-refractivity contribution >= 4 is 11.6 Å². The number of rotatable bonds is 4. The van der Waals surface area contributed by atoms with E-state index in [2.05, 4.69) is 0 Å². The molecular formula is C10H12ClF2NO. The first-order valence-electron chi connectivity index (χ1n) is 4.46. The first kappa shape index (κ1) is 12.2. The minimum absolute atomic E-state index is 0.193. The third kappa shape index (κ3) is 3.64. The lowest BCUT2D eigenvalue weighted by Gasteiger charge is -2.10. The van der Waals surface area contributed by atoms with Crippen LogP contribution in [0.4, 0.5) is 8.78 Å². The maximum absolute atomic E-state index is 11.9. The van der Waals surface area contributed by atoms with Crippen LogP contribution in [0.3, 0.4) is 0 Å². The van der Waals surface area contributed by atoms with Gasteiger partial charge in [0.15, 0.2) is 0 Å². The van der Waals surface area contributed by atoms with Gasteiger partial charge in [0.1, 0.15) is 12.4 Å². The molecule has 2 N–H and O–H groups in total. The fraction of sp³-hybridized carbons (Fsp3) is 0.400. The SMILES string of the molecule is CC(N)c1ccc(OCC(F)F)cc1Cl. The lowest BCUT2D eigenvalue weighted by molar-refractivity contribution is 0.0819. The van der Waals surface area contributed by atoms with Crippen LogP contribution in [0.2, 0.25) is 5.02 Å². The Bertz CT molecular complexity index is 331. The maximum atomic E-state index is 11.9. The van der Waals surface area contributed by atoms with E-state index in [1.165, 1.54) is 6.07 Å². The Morgan fingerprint density at radius 1 is 1.47 bits per heavy atom. The Labute approximate surface area is 92.0 Å². The van der Waals surface area contributed by atoms with Crippen LogP contribution in [-0.4, -0.2) is 13.0 Å². The monoisotopic (exact) mass is 235 g/mol. The van der Waals surface area contributed by atoms with Gasteiger partial charge in [0, 0.05) is 11.1 Å². The zero-order chi connectivity index (χ0) is 11.4. The summed E-state index contributed by atoms with van der Waals surface area (Å²) in [4.78, 5) is 0. The van der Waals surface area contributed by atoms with Crippen LogP contribution in [0.1, 0.15) is 18.5 Å². The van der Waals surface area contributed by atoms with Crippen molar-refractivity contribution in [3.63, 3.8) is 0 Å². The van der Waals surface area contributed by atoms with E-state index in [1.807, 2.05) is 0 Å². The van der Waals surface area contributed by atoms with Crippen molar-refractivity contribution in [1.29, 1.82) is 0 Å². The van der Waals surface area contributed by atoms with E-state index in [4.69, 9.17) is 22.1 Å². The molecule has 1 aromatic rings. The molecular weight excluding hydrogens is 224 g/mol. The van der Waals surface area contributed by atoms with Gasteiger partial charge in [-0.3, -0.25) is 0 Å². The number of ether oxygens (including phenoxy) is 1. The van der Waals surface area contributed by atoms with Crippen LogP contribution >= 0.6 is 11.6 Å². The molecule has 2 nitrogen and oxygen atoms in total. The molecule has 84 valence electrons. The van der Waals surface area contributed by atoms with E-state index in [0.29, 0.717) is 10.8 Å². The van der Waals surface area contributed by atoms with Gasteiger partial charge in [0.05, 0.1) is 0 Å². The third-order valence-corrected chi connectivity index (χ3v) is 2.17. The average Bonchev–Trinajstić information content (AvgIpc) is 2.14. The molecule has 5 heteroatoms. The Morgan fingerprint density at radius 3 is 2.60 bits per heavy atom. The van der Waals surface area contributed by atoms with Gasteiger partial charge < -0.3 is 10.5 Å². The molecule has 0 fully saturated rings. The maximum Gasteiger partial charge on any atom is 0.272 e. The summed E-state index contributed by atoms with van der Waals surface area (Å²) in [7, 11) is 0. The molecule has 1 atom stereocenters. The van der Waals surface area contributed by atoms with Crippen molar-refractivity contribution in [2.75, 3.05) is 6.61 Å². The fourth-order valence-corrected chi connectivity index (χ4v) is 1.47. The van der Waals surface area contributed by atoms with E-state index >= 15 is 0 Å². The molecule has 0 spiro atoms. The predicted molar refractivity (Wildman–Crippen MR) is 55.6 cm³/mol. The number of nitrogens with two attached hydrogens (primary N) is 1. The Balaban J connectivity index is 2.73. The summed E-state index contributed by atoms with van der Waals surface area (Å²) in [6.45, 7) is 1.16. The van der Waals surface area contributed by atoms with E-state index in [1.54, 1.807) is 19.1 Å². The Hall–Kier alpha value is -0.870. The molecule has 0 aliphatic rings. The van der Waals surface area contributed by atoms with Crippen molar-refractivity contribution < 1.29 is 13.5 Å². The molecule has 1 unspecified atom stereocenters. The molecule has 0 saturated carbocycles. The number of benzene rings is 1. The lowest BCUT2D eigenvalue weighted by Crippen LogP contribution is -2.08. The number of hydrogen-bond donors (Lipinski definition) is 1. The van der Waals surface area contributed by atoms with Gasteiger partial charge >= 0.3 is 0 Å². The predicted octanol–water partition coefficient (Wildman–Crippen LogP) is 3.00. The first-order valence-corrected chi connectivity index (χ1v) is 4.84. The number of alkyl halides is 2. The Kier molecular flexibility index (Phi) is 4.29. The quantitative estimate of drug-likeness (QED) is 0.871. The van der Waals surface area contributed by atoms with Crippen molar-refractivity contribution in [2.24, 2.45) is 5.73 Å². The second kappa shape index (κ2) is 5.28. The highest BCUT2D eigenvalue weighted by Gasteiger charge is 2.08. The van der Waals surface area contributed by atoms with Gasteiger partial charge in [-0.2, -0.15) is 0 Å². The van der Waals surface area contributed by atoms with Crippen molar-refractivity contribution in [1.82, 2.24) is 0 Å². The highest BCUT2D eigenvalue weighted by molar-refractivity contribution is 6.31. The third-order valence-electron chi connectivity index (χ3n) is 1.84. The van der Waals surface area contributed by atoms with Crippen molar-refractivity contribution in [3.05, 3.63) is 28.8 Å². The second-order valence-corrected chi connectivity index (χ2v) is 3.58. The van der Waals surface area contributed by atoms with E-state index in [-0.39, 0.29) is 6.04 Å². The van der Waals surface area contributed by atoms with Crippen LogP contribution in [0.5, 0.6) is 5.75 Å². The van der Waals surface area contributed by atoms with Gasteiger partial charge in [0.25, 0.3) is 6.43 Å². The summed E-state index contributed by atoms with van der Waals surface area (Å²) < 4.78 is 28.5. The van der Waals surface area contributed by atoms with E-state index in [0.717, 1.165) is 5.56 Å². The number of halogens is 3. The topological polar surface area (TPSA) is 35.2 Å². The van der Waals surface area contributed by atoms with Gasteiger partial charge in [0.2, 0.25) is 0 Å². The zero-order valence-electron chi connectivity index (χ0n) is 8.21. The molecule has 1 rings (SSSR count). The molecule has 0 aliphatic carbocycles. The van der Waals surface area contributed by atoms with Gasteiger partial charge in [-0.25, -0.2) is 8.78 Å². The van der Waals surface area contributed by atoms with Crippen LogP contribution in [0.25, 0.3) is 0 Å². The molecule has 0 heterocycles. The van der Waals surface area contributed by atoms with Crippen molar-refractivity contribution in [3.8, 4) is 5.75 Å². The van der Waals surface area contributed by atoms with Crippen LogP contribution in [0, 0.1) is 0 Å². The van der Waals surface area contributed by atoms with Gasteiger partial charge in [-0.15, -0.1) is 0 Å². The number of hydrogen-bond acceptors (Lipinski definition) is 2. The van der Waals surface area contributed by atoms with Gasteiger partial charge in [-0.05, 0) is 24.6 Å². The molecule has 15 heavy (non-hydrogen) atoms. The summed E-state index contributed by atoms with van der Waals surface area (Å²) in [5.41, 5.74) is 6.41. The smallest absolute Gasteiger partial charge is 0.272 e. The summed E-state index contributed by atoms with van der Waals surface area (Å²) >= 11 is 5.89. The van der Waals surface area contributed by atoms with Crippen LogP contribution < -0.4 is 10.5 Å². The molecule has 0 bridgehead atoms. The summed E-state index contributed by atoms with van der Waals surface area (Å²) in [5, 5.41) is 0.428. The molecule has 1 aromatic carbocycles. The minimum atomic E-state index is -2.49. The largest absolute Gasteiger partial charge is 0.488 e. The fourth-order valence-electron chi connectivity index (χ4n) is 1.13. The van der Waals surface area contributed by atoms with Crippen molar-refractivity contribution in [2.45, 2.75) is 19.4 Å². The highest BCUT2D eigenvalue weighted by Crippen LogP contribution is 2.26. The molecule has 0 saturated heterocycles. The van der Waals surface area contributed by atoms with Gasteiger partial charge in [-0.1, -0.05) is 17.7 Å². The normalized spacial score (nSPS) is 12.9. The second-order valence-electron chi connectivity index (χ2n) is 3.17. The van der Waals surface area contributed by atoms with E-state index in [9.17, 15) is 8.78 Å².